The van der Waals surface area contributed by atoms with Crippen LogP contribution >= 0.6 is 0 Å². The first-order valence-electron chi connectivity index (χ1n) is 7.91. The van der Waals surface area contributed by atoms with Crippen molar-refractivity contribution < 1.29 is 4.79 Å². The summed E-state index contributed by atoms with van der Waals surface area (Å²) in [4.78, 5) is 14.2. The van der Waals surface area contributed by atoms with Gasteiger partial charge in [0.15, 0.2) is 0 Å². The van der Waals surface area contributed by atoms with Crippen LogP contribution in [0.15, 0.2) is 18.5 Å². The number of nitrogens with one attached hydrogen (secondary N) is 1. The van der Waals surface area contributed by atoms with Crippen molar-refractivity contribution in [3.05, 3.63) is 24.0 Å². The molecule has 2 rings (SSSR count). The van der Waals surface area contributed by atoms with Crippen molar-refractivity contribution in [3.63, 3.8) is 0 Å². The van der Waals surface area contributed by atoms with Gasteiger partial charge in [-0.3, -0.25) is 4.79 Å². The molecule has 1 aliphatic heterocycles. The van der Waals surface area contributed by atoms with E-state index in [-0.39, 0.29) is 5.91 Å². The van der Waals surface area contributed by atoms with Crippen molar-refractivity contribution in [2.45, 2.75) is 52.1 Å². The zero-order chi connectivity index (χ0) is 14.4. The first-order chi connectivity index (χ1) is 9.74. The van der Waals surface area contributed by atoms with Crippen molar-refractivity contribution in [2.75, 3.05) is 19.6 Å². The Balaban J connectivity index is 1.93. The highest BCUT2D eigenvalue weighted by atomic mass is 16.2. The maximum atomic E-state index is 12.2. The molecule has 1 aromatic rings. The lowest BCUT2D eigenvalue weighted by molar-refractivity contribution is -0.132. The van der Waals surface area contributed by atoms with E-state index in [4.69, 9.17) is 0 Å². The molecule has 4 heteroatoms. The molecule has 112 valence electrons. The van der Waals surface area contributed by atoms with Crippen LogP contribution in [0.25, 0.3) is 0 Å². The van der Waals surface area contributed by atoms with Gasteiger partial charge in [0.2, 0.25) is 5.91 Å². The van der Waals surface area contributed by atoms with Gasteiger partial charge in [-0.25, -0.2) is 0 Å². The Kier molecular flexibility index (Phi) is 5.65. The molecular weight excluding hydrogens is 250 g/mol. The highest BCUT2D eigenvalue weighted by molar-refractivity contribution is 5.76. The number of hydrogen-bond donors (Lipinski definition) is 1. The van der Waals surface area contributed by atoms with Crippen LogP contribution in [0.1, 0.15) is 51.1 Å². The number of piperidine rings is 1. The van der Waals surface area contributed by atoms with Crippen molar-refractivity contribution >= 4 is 5.91 Å². The molecule has 1 amide bonds. The van der Waals surface area contributed by atoms with Crippen LogP contribution in [0, 0.1) is 0 Å². The minimum Gasteiger partial charge on any atom is -0.345 e. The van der Waals surface area contributed by atoms with E-state index in [9.17, 15) is 4.79 Å². The summed E-state index contributed by atoms with van der Waals surface area (Å²) in [5.41, 5.74) is 1.28. The molecule has 0 radical (unpaired) electrons. The second-order valence-electron chi connectivity index (χ2n) is 5.58. The van der Waals surface area contributed by atoms with Gasteiger partial charge in [-0.05, 0) is 43.9 Å². The number of likely N-dealkylation sites (tertiary alicyclic amines) is 1. The number of nitrogens with zero attached hydrogens (tertiary/aromatic N) is 2. The van der Waals surface area contributed by atoms with Crippen LogP contribution in [-0.2, 0) is 11.3 Å². The van der Waals surface area contributed by atoms with E-state index in [2.05, 4.69) is 31.4 Å². The quantitative estimate of drug-likeness (QED) is 0.867. The molecule has 0 saturated carbocycles. The van der Waals surface area contributed by atoms with Gasteiger partial charge < -0.3 is 14.8 Å². The van der Waals surface area contributed by atoms with Crippen LogP contribution in [-0.4, -0.2) is 35.0 Å². The van der Waals surface area contributed by atoms with Crippen LogP contribution in [0.2, 0.25) is 0 Å². The molecule has 20 heavy (non-hydrogen) atoms. The van der Waals surface area contributed by atoms with Gasteiger partial charge in [-0.1, -0.05) is 13.8 Å². The van der Waals surface area contributed by atoms with Crippen molar-refractivity contribution in [2.24, 2.45) is 0 Å². The van der Waals surface area contributed by atoms with E-state index in [1.165, 1.54) is 12.0 Å². The number of carbonyl (C=O) groups excluding carboxylic acids is 1. The van der Waals surface area contributed by atoms with E-state index in [1.807, 2.05) is 15.7 Å². The highest BCUT2D eigenvalue weighted by Crippen LogP contribution is 2.17. The zero-order valence-corrected chi connectivity index (χ0v) is 12.8. The molecule has 1 fully saturated rings. The summed E-state index contributed by atoms with van der Waals surface area (Å²) in [7, 11) is 0. The fourth-order valence-electron chi connectivity index (χ4n) is 2.91. The fourth-order valence-corrected chi connectivity index (χ4v) is 2.91. The average Bonchev–Trinajstić information content (AvgIpc) is 2.94. The molecule has 0 spiro atoms. The largest absolute Gasteiger partial charge is 0.345 e. The molecule has 4 nitrogen and oxygen atoms in total. The number of rotatable bonds is 6. The Bertz CT molecular complexity index is 421. The third-order valence-electron chi connectivity index (χ3n) is 4.06. The summed E-state index contributed by atoms with van der Waals surface area (Å²) in [6, 6.07) is 2.52. The van der Waals surface area contributed by atoms with E-state index in [1.54, 1.807) is 0 Å². The smallest absolute Gasteiger partial charge is 0.242 e. The zero-order valence-electron chi connectivity index (χ0n) is 12.8. The third-order valence-corrected chi connectivity index (χ3v) is 4.06. The SMILES string of the molecule is CCNC(CC)c1ccn(CC(=O)N2CCCCC2)c1. The normalized spacial score (nSPS) is 17.2. The van der Waals surface area contributed by atoms with Crippen molar-refractivity contribution in [3.8, 4) is 0 Å². The number of hydrogen-bond acceptors (Lipinski definition) is 2. The van der Waals surface area contributed by atoms with Crippen LogP contribution < -0.4 is 5.32 Å². The van der Waals surface area contributed by atoms with Crippen LogP contribution in [0.4, 0.5) is 0 Å². The molecule has 2 heterocycles. The minimum absolute atomic E-state index is 0.253. The average molecular weight is 277 g/mol. The lowest BCUT2D eigenvalue weighted by Crippen LogP contribution is -2.37. The number of aromatic nitrogens is 1. The summed E-state index contributed by atoms with van der Waals surface area (Å²) in [5, 5.41) is 3.47. The Morgan fingerprint density at radius 2 is 2.05 bits per heavy atom. The molecule has 1 unspecified atom stereocenters. The van der Waals surface area contributed by atoms with E-state index in [0.29, 0.717) is 12.6 Å². The van der Waals surface area contributed by atoms with E-state index < -0.39 is 0 Å². The summed E-state index contributed by atoms with van der Waals surface area (Å²) >= 11 is 0. The van der Waals surface area contributed by atoms with Gasteiger partial charge in [0.05, 0.1) is 0 Å². The van der Waals surface area contributed by atoms with Gasteiger partial charge in [0.25, 0.3) is 0 Å². The summed E-state index contributed by atoms with van der Waals surface area (Å²) in [6.07, 6.45) is 8.77. The molecule has 0 aliphatic carbocycles. The van der Waals surface area contributed by atoms with Gasteiger partial charge in [0.1, 0.15) is 6.54 Å². The standard InChI is InChI=1S/C16H27N3O/c1-3-15(17-4-2)14-8-11-18(12-14)13-16(20)19-9-6-5-7-10-19/h8,11-12,15,17H,3-7,9-10,13H2,1-2H3. The summed E-state index contributed by atoms with van der Waals surface area (Å²) in [5.74, 6) is 0.253. The highest BCUT2D eigenvalue weighted by Gasteiger charge is 2.17. The maximum Gasteiger partial charge on any atom is 0.242 e. The second kappa shape index (κ2) is 7.48. The molecule has 1 aliphatic rings. The van der Waals surface area contributed by atoms with E-state index in [0.717, 1.165) is 38.9 Å². The Hall–Kier alpha value is -1.29. The van der Waals surface area contributed by atoms with Gasteiger partial charge in [-0.2, -0.15) is 0 Å². The molecule has 1 saturated heterocycles. The second-order valence-corrected chi connectivity index (χ2v) is 5.58. The first-order valence-corrected chi connectivity index (χ1v) is 7.91. The first kappa shape index (κ1) is 15.1. The summed E-state index contributed by atoms with van der Waals surface area (Å²) < 4.78 is 2.02. The molecule has 0 aromatic carbocycles. The van der Waals surface area contributed by atoms with Gasteiger partial charge in [-0.15, -0.1) is 0 Å². The molecule has 1 atom stereocenters. The van der Waals surface area contributed by atoms with Gasteiger partial charge in [0, 0.05) is 31.5 Å². The molecule has 1 N–H and O–H groups in total. The molecular formula is C16H27N3O. The Morgan fingerprint density at radius 1 is 1.30 bits per heavy atom. The van der Waals surface area contributed by atoms with Crippen molar-refractivity contribution in [1.82, 2.24) is 14.8 Å². The topological polar surface area (TPSA) is 37.3 Å². The minimum atomic E-state index is 0.253. The predicted octanol–water partition coefficient (Wildman–Crippen LogP) is 2.56. The Labute approximate surface area is 122 Å². The fraction of sp³-hybridized carbons (Fsp3) is 0.688. The lowest BCUT2D eigenvalue weighted by Gasteiger charge is -2.26. The van der Waals surface area contributed by atoms with Crippen LogP contribution in [0.5, 0.6) is 0 Å². The summed E-state index contributed by atoms with van der Waals surface area (Å²) in [6.45, 7) is 7.62. The number of amides is 1. The lowest BCUT2D eigenvalue weighted by atomic mass is 10.1. The van der Waals surface area contributed by atoms with Crippen LogP contribution in [0.3, 0.4) is 0 Å². The Morgan fingerprint density at radius 3 is 2.70 bits per heavy atom. The predicted molar refractivity (Wildman–Crippen MR) is 81.6 cm³/mol. The van der Waals surface area contributed by atoms with Crippen molar-refractivity contribution in [1.29, 1.82) is 0 Å². The monoisotopic (exact) mass is 277 g/mol. The molecule has 1 aromatic heterocycles. The van der Waals surface area contributed by atoms with Gasteiger partial charge >= 0.3 is 0 Å². The third kappa shape index (κ3) is 3.85. The van der Waals surface area contributed by atoms with E-state index >= 15 is 0 Å². The number of carbonyl (C=O) groups is 1. The maximum absolute atomic E-state index is 12.2. The molecule has 0 bridgehead atoms.